The average molecular weight is 207 g/mol. The van der Waals surface area contributed by atoms with Gasteiger partial charge in [-0.2, -0.15) is 0 Å². The average Bonchev–Trinajstić information content (AvgIpc) is 2.15. The van der Waals surface area contributed by atoms with Gasteiger partial charge in [-0.05, 0) is 25.3 Å². The summed E-state index contributed by atoms with van der Waals surface area (Å²) in [5, 5.41) is 11.9. The van der Waals surface area contributed by atoms with Crippen LogP contribution in [0.5, 0.6) is 0 Å². The fourth-order valence-corrected chi connectivity index (χ4v) is 1.84. The maximum absolute atomic E-state index is 10.7. The summed E-state index contributed by atoms with van der Waals surface area (Å²) in [5.74, 6) is -0.267. The molecule has 0 radical (unpaired) electrons. The van der Waals surface area contributed by atoms with E-state index < -0.39 is 5.97 Å². The minimum absolute atomic E-state index is 0.130. The summed E-state index contributed by atoms with van der Waals surface area (Å²) in [4.78, 5) is 18.8. The van der Waals surface area contributed by atoms with Crippen LogP contribution in [-0.4, -0.2) is 26.6 Å². The number of nitrogens with zero attached hydrogens (tertiary/aromatic N) is 2. The van der Waals surface area contributed by atoms with Crippen molar-refractivity contribution in [3.05, 3.63) is 18.5 Å². The third-order valence-corrected chi connectivity index (χ3v) is 2.74. The molecule has 1 aromatic heterocycles. The number of hydrogen-bond donors (Lipinski definition) is 2. The Balaban J connectivity index is 2.05. The van der Waals surface area contributed by atoms with E-state index in [1.54, 1.807) is 18.5 Å². The van der Waals surface area contributed by atoms with Gasteiger partial charge in [-0.3, -0.25) is 4.79 Å². The van der Waals surface area contributed by atoms with Crippen LogP contribution < -0.4 is 5.32 Å². The first-order chi connectivity index (χ1) is 7.20. The highest BCUT2D eigenvalue weighted by Gasteiger charge is 2.39. The van der Waals surface area contributed by atoms with Crippen molar-refractivity contribution in [1.82, 2.24) is 9.97 Å². The zero-order valence-electron chi connectivity index (χ0n) is 8.31. The number of anilines is 1. The molecule has 1 aliphatic carbocycles. The number of hydrogen-bond acceptors (Lipinski definition) is 4. The Morgan fingerprint density at radius 3 is 2.60 bits per heavy atom. The molecule has 2 N–H and O–H groups in total. The van der Waals surface area contributed by atoms with Gasteiger partial charge in [0, 0.05) is 12.4 Å². The molecule has 15 heavy (non-hydrogen) atoms. The van der Waals surface area contributed by atoms with Gasteiger partial charge in [0.1, 0.15) is 0 Å². The van der Waals surface area contributed by atoms with Crippen LogP contribution in [0.2, 0.25) is 0 Å². The quantitative estimate of drug-likeness (QED) is 0.778. The molecule has 0 amide bonds. The third-order valence-electron chi connectivity index (χ3n) is 2.74. The Hall–Kier alpha value is -1.65. The van der Waals surface area contributed by atoms with Gasteiger partial charge in [-0.15, -0.1) is 0 Å². The molecule has 1 fully saturated rings. The summed E-state index contributed by atoms with van der Waals surface area (Å²) < 4.78 is 0. The molecule has 1 saturated carbocycles. The van der Waals surface area contributed by atoms with Crippen LogP contribution in [0.25, 0.3) is 0 Å². The number of carboxylic acid groups (broad SMARTS) is 1. The highest BCUT2D eigenvalue weighted by atomic mass is 16.4. The van der Waals surface area contributed by atoms with Crippen LogP contribution >= 0.6 is 0 Å². The van der Waals surface area contributed by atoms with Crippen molar-refractivity contribution < 1.29 is 9.90 Å². The highest BCUT2D eigenvalue weighted by molar-refractivity contribution is 5.69. The van der Waals surface area contributed by atoms with E-state index in [-0.39, 0.29) is 12.0 Å². The van der Waals surface area contributed by atoms with Crippen LogP contribution in [0.1, 0.15) is 25.7 Å². The van der Waals surface area contributed by atoms with Crippen molar-refractivity contribution in [3.8, 4) is 0 Å². The first-order valence-electron chi connectivity index (χ1n) is 4.97. The molecule has 0 aliphatic heterocycles. The second-order valence-corrected chi connectivity index (χ2v) is 3.90. The number of aromatic nitrogens is 2. The lowest BCUT2D eigenvalue weighted by molar-refractivity contribution is -0.138. The van der Waals surface area contributed by atoms with Crippen molar-refractivity contribution in [2.45, 2.75) is 31.2 Å². The van der Waals surface area contributed by atoms with E-state index >= 15 is 0 Å². The smallest absolute Gasteiger partial charge is 0.305 e. The molecule has 0 bridgehead atoms. The second kappa shape index (κ2) is 3.84. The normalized spacial score (nSPS) is 17.9. The van der Waals surface area contributed by atoms with Crippen LogP contribution in [0.15, 0.2) is 18.5 Å². The number of carboxylic acids is 1. The molecular formula is C10H13N3O2. The van der Waals surface area contributed by atoms with E-state index in [1.165, 1.54) is 0 Å². The molecule has 0 unspecified atom stereocenters. The molecule has 0 aromatic carbocycles. The predicted octanol–water partition coefficient (Wildman–Crippen LogP) is 1.29. The van der Waals surface area contributed by atoms with Crippen molar-refractivity contribution in [3.63, 3.8) is 0 Å². The third kappa shape index (κ3) is 2.23. The minimum atomic E-state index is -0.780. The van der Waals surface area contributed by atoms with E-state index in [4.69, 9.17) is 5.11 Å². The minimum Gasteiger partial charge on any atom is -0.481 e. The first kappa shape index (κ1) is 9.89. The lowest BCUT2D eigenvalue weighted by Gasteiger charge is -2.41. The fraction of sp³-hybridized carbons (Fsp3) is 0.500. The van der Waals surface area contributed by atoms with Crippen molar-refractivity contribution >= 4 is 11.9 Å². The van der Waals surface area contributed by atoms with E-state index in [2.05, 4.69) is 15.3 Å². The molecule has 2 rings (SSSR count). The molecule has 5 heteroatoms. The van der Waals surface area contributed by atoms with Crippen LogP contribution in [0.4, 0.5) is 5.95 Å². The number of nitrogens with one attached hydrogen (secondary N) is 1. The fourth-order valence-electron chi connectivity index (χ4n) is 1.84. The molecule has 1 heterocycles. The summed E-state index contributed by atoms with van der Waals surface area (Å²) in [6.45, 7) is 0. The summed E-state index contributed by atoms with van der Waals surface area (Å²) in [7, 11) is 0. The summed E-state index contributed by atoms with van der Waals surface area (Å²) in [6.07, 6.45) is 6.22. The molecule has 80 valence electrons. The van der Waals surface area contributed by atoms with Crippen molar-refractivity contribution in [2.24, 2.45) is 0 Å². The molecule has 1 aromatic rings. The van der Waals surface area contributed by atoms with Crippen LogP contribution in [0.3, 0.4) is 0 Å². The summed E-state index contributed by atoms with van der Waals surface area (Å²) in [5.41, 5.74) is -0.326. The topological polar surface area (TPSA) is 75.1 Å². The monoisotopic (exact) mass is 207 g/mol. The summed E-state index contributed by atoms with van der Waals surface area (Å²) in [6, 6.07) is 1.73. The summed E-state index contributed by atoms with van der Waals surface area (Å²) >= 11 is 0. The van der Waals surface area contributed by atoms with E-state index in [9.17, 15) is 4.79 Å². The Morgan fingerprint density at radius 1 is 1.47 bits per heavy atom. The Labute approximate surface area is 87.6 Å². The van der Waals surface area contributed by atoms with Gasteiger partial charge in [0.2, 0.25) is 5.95 Å². The zero-order chi connectivity index (χ0) is 10.7. The number of carbonyl (C=O) groups is 1. The molecule has 0 atom stereocenters. The first-order valence-corrected chi connectivity index (χ1v) is 4.97. The Morgan fingerprint density at radius 2 is 2.13 bits per heavy atom. The molecule has 1 aliphatic rings. The van der Waals surface area contributed by atoms with Gasteiger partial charge >= 0.3 is 5.97 Å². The maximum Gasteiger partial charge on any atom is 0.305 e. The Kier molecular flexibility index (Phi) is 2.53. The van der Waals surface area contributed by atoms with Gasteiger partial charge in [0.05, 0.1) is 12.0 Å². The van der Waals surface area contributed by atoms with Gasteiger partial charge in [0.15, 0.2) is 0 Å². The van der Waals surface area contributed by atoms with E-state index in [0.29, 0.717) is 5.95 Å². The lowest BCUT2D eigenvalue weighted by Crippen LogP contribution is -2.47. The lowest BCUT2D eigenvalue weighted by atomic mass is 9.74. The van der Waals surface area contributed by atoms with Crippen LogP contribution in [-0.2, 0) is 4.79 Å². The predicted molar refractivity (Wildman–Crippen MR) is 54.5 cm³/mol. The van der Waals surface area contributed by atoms with Gasteiger partial charge < -0.3 is 10.4 Å². The standard InChI is InChI=1S/C10H13N3O2/c14-8(15)7-10(3-1-4-10)13-9-11-5-2-6-12-9/h2,5-6H,1,3-4,7H2,(H,14,15)(H,11,12,13). The SMILES string of the molecule is O=C(O)CC1(Nc2ncccn2)CCC1. The van der Waals surface area contributed by atoms with E-state index in [0.717, 1.165) is 19.3 Å². The Bertz CT molecular complexity index is 349. The van der Waals surface area contributed by atoms with Gasteiger partial charge in [-0.1, -0.05) is 0 Å². The number of aliphatic carboxylic acids is 1. The van der Waals surface area contributed by atoms with Gasteiger partial charge in [-0.25, -0.2) is 9.97 Å². The maximum atomic E-state index is 10.7. The van der Waals surface area contributed by atoms with Gasteiger partial charge in [0.25, 0.3) is 0 Å². The molecule has 0 spiro atoms. The molecular weight excluding hydrogens is 194 g/mol. The highest BCUT2D eigenvalue weighted by Crippen LogP contribution is 2.37. The molecule has 0 saturated heterocycles. The van der Waals surface area contributed by atoms with E-state index in [1.807, 2.05) is 0 Å². The largest absolute Gasteiger partial charge is 0.481 e. The van der Waals surface area contributed by atoms with Crippen molar-refractivity contribution in [1.29, 1.82) is 0 Å². The van der Waals surface area contributed by atoms with Crippen LogP contribution in [0, 0.1) is 0 Å². The molecule has 5 nitrogen and oxygen atoms in total. The van der Waals surface area contributed by atoms with Crippen molar-refractivity contribution in [2.75, 3.05) is 5.32 Å². The zero-order valence-corrected chi connectivity index (χ0v) is 8.31. The second-order valence-electron chi connectivity index (χ2n) is 3.90. The number of rotatable bonds is 4.